The molecule has 0 bridgehead atoms. The van der Waals surface area contributed by atoms with Crippen LogP contribution in [0.15, 0.2) is 40.8 Å². The van der Waals surface area contributed by atoms with E-state index in [2.05, 4.69) is 4.98 Å². The molecule has 0 spiro atoms. The summed E-state index contributed by atoms with van der Waals surface area (Å²) < 4.78 is 9.92. The predicted octanol–water partition coefficient (Wildman–Crippen LogP) is 0.647. The zero-order valence-electron chi connectivity index (χ0n) is 16.1. The number of carboxylic acids is 1. The molecule has 1 atom stereocenters. The van der Waals surface area contributed by atoms with E-state index < -0.39 is 11.9 Å². The van der Waals surface area contributed by atoms with Crippen LogP contribution in [-0.2, 0) is 11.8 Å². The van der Waals surface area contributed by atoms with Crippen molar-refractivity contribution < 1.29 is 36.5 Å². The molecule has 3 aromatic heterocycles. The van der Waals surface area contributed by atoms with Crippen LogP contribution < -0.4 is 17.0 Å². The van der Waals surface area contributed by atoms with E-state index in [-0.39, 0.29) is 18.8 Å². The molecule has 3 heterocycles. The number of hydrogen-bond donors (Lipinski definition) is 2. The molecule has 29 heavy (non-hydrogen) atoms. The summed E-state index contributed by atoms with van der Waals surface area (Å²) in [5.41, 5.74) is 2.40. The second-order valence-corrected chi connectivity index (χ2v) is 7.77. The van der Waals surface area contributed by atoms with Gasteiger partial charge in [0.2, 0.25) is 0 Å². The van der Waals surface area contributed by atoms with E-state index in [1.54, 1.807) is 30.7 Å². The van der Waals surface area contributed by atoms with Gasteiger partial charge in [-0.15, -0.1) is 11.3 Å². The van der Waals surface area contributed by atoms with E-state index >= 15 is 0 Å². The van der Waals surface area contributed by atoms with E-state index in [1.165, 1.54) is 11.3 Å². The zero-order valence-corrected chi connectivity index (χ0v) is 17.7. The van der Waals surface area contributed by atoms with Crippen molar-refractivity contribution in [1.82, 2.24) is 9.71 Å². The third kappa shape index (κ3) is 3.61. The molecule has 7 nitrogen and oxygen atoms in total. The van der Waals surface area contributed by atoms with Gasteiger partial charge in [-0.25, -0.2) is 9.55 Å². The fraction of sp³-hybridized carbons (Fsp3) is 0.250. The second kappa shape index (κ2) is 7.88. The minimum Gasteiger partial charge on any atom is -1.00 e. The highest BCUT2D eigenvalue weighted by Gasteiger charge is 2.36. The first-order valence-corrected chi connectivity index (χ1v) is 9.63. The molecule has 0 aliphatic carbocycles. The number of carboxylic acid groups (broad SMARTS) is 1. The van der Waals surface area contributed by atoms with Gasteiger partial charge in [0.1, 0.15) is 17.4 Å². The number of hydrogen-bond acceptors (Lipinski definition) is 5. The molecule has 0 radical (unpaired) electrons. The van der Waals surface area contributed by atoms with E-state index in [0.717, 1.165) is 25.6 Å². The topological polar surface area (TPSA) is 92.4 Å². The molecule has 4 rings (SSSR count). The Labute approximate surface area is 177 Å². The van der Waals surface area contributed by atoms with Crippen molar-refractivity contribution in [2.45, 2.75) is 26.2 Å². The summed E-state index contributed by atoms with van der Waals surface area (Å²) in [5, 5.41) is 20.7. The largest absolute Gasteiger partial charge is 1.00 e. The molecule has 0 aliphatic rings. The number of rotatable bonds is 5. The van der Waals surface area contributed by atoms with Crippen LogP contribution in [0.4, 0.5) is 0 Å². The van der Waals surface area contributed by atoms with Crippen molar-refractivity contribution in [3.8, 4) is 10.8 Å². The van der Waals surface area contributed by atoms with Gasteiger partial charge in [0.05, 0.1) is 23.7 Å². The molecule has 1 aromatic carbocycles. The van der Waals surface area contributed by atoms with Crippen LogP contribution in [0.1, 0.15) is 35.3 Å². The van der Waals surface area contributed by atoms with Gasteiger partial charge in [-0.2, -0.15) is 0 Å². The summed E-state index contributed by atoms with van der Waals surface area (Å²) in [6.07, 6.45) is -0.204. The number of aromatic nitrogens is 3. The van der Waals surface area contributed by atoms with Gasteiger partial charge in [0.25, 0.3) is 0 Å². The Morgan fingerprint density at radius 1 is 1.28 bits per heavy atom. The number of thiazole rings is 1. The quantitative estimate of drug-likeness (QED) is 0.356. The van der Waals surface area contributed by atoms with E-state index in [1.807, 2.05) is 31.2 Å². The first-order valence-electron chi connectivity index (χ1n) is 8.81. The second-order valence-electron chi connectivity index (χ2n) is 6.74. The first kappa shape index (κ1) is 20.9. The number of imidazole rings is 1. The molecule has 0 fully saturated rings. The molecule has 4 aromatic rings. The first-order chi connectivity index (χ1) is 13.4. The summed E-state index contributed by atoms with van der Waals surface area (Å²) in [4.78, 5) is 16.1. The monoisotopic (exact) mass is 433 g/mol. The molecule has 0 saturated heterocycles. The summed E-state index contributed by atoms with van der Waals surface area (Å²) in [6, 6.07) is 11.4. The smallest absolute Gasteiger partial charge is 0.307 e. The van der Waals surface area contributed by atoms with E-state index in [0.29, 0.717) is 23.0 Å². The fourth-order valence-corrected chi connectivity index (χ4v) is 4.32. The van der Waals surface area contributed by atoms with Crippen LogP contribution in [0.25, 0.3) is 21.0 Å². The lowest BCUT2D eigenvalue weighted by atomic mass is 10.0. The van der Waals surface area contributed by atoms with Gasteiger partial charge < -0.3 is 27.1 Å². The molecule has 9 heteroatoms. The summed E-state index contributed by atoms with van der Waals surface area (Å²) >= 11 is 1.52. The minimum atomic E-state index is -0.973. The number of furan rings is 1. The fourth-order valence-electron chi connectivity index (χ4n) is 3.39. The van der Waals surface area contributed by atoms with Gasteiger partial charge in [-0.1, -0.05) is 12.1 Å². The maximum Gasteiger partial charge on any atom is 0.307 e. The number of carbonyl (C=O) groups is 1. The SMILES string of the molecule is Cc1c(C)[n+](C)c(C(CC(=O)O)c2ccc(-c3nc4ccccc4s3)o2)n1O.[Cl-]. The maximum atomic E-state index is 11.5. The Morgan fingerprint density at radius 2 is 2.00 bits per heavy atom. The zero-order chi connectivity index (χ0) is 20.0. The number of nitrogens with zero attached hydrogens (tertiary/aromatic N) is 3. The Bertz CT molecular complexity index is 1140. The number of para-hydroxylation sites is 1. The number of benzene rings is 1. The molecule has 0 saturated carbocycles. The Morgan fingerprint density at radius 3 is 2.62 bits per heavy atom. The minimum absolute atomic E-state index is 0. The van der Waals surface area contributed by atoms with Crippen molar-refractivity contribution >= 4 is 27.5 Å². The molecule has 2 N–H and O–H groups in total. The highest BCUT2D eigenvalue weighted by atomic mass is 35.5. The average Bonchev–Trinajstić information content (AvgIpc) is 3.35. The molecular formula is C20H20ClN3O4S. The summed E-state index contributed by atoms with van der Waals surface area (Å²) in [6.45, 7) is 3.66. The number of fused-ring (bicyclic) bond motifs is 1. The molecule has 1 unspecified atom stereocenters. The van der Waals surface area contributed by atoms with Crippen LogP contribution >= 0.6 is 11.3 Å². The average molecular weight is 434 g/mol. The highest BCUT2D eigenvalue weighted by molar-refractivity contribution is 7.21. The van der Waals surface area contributed by atoms with Crippen LogP contribution in [0.5, 0.6) is 0 Å². The Balaban J connectivity index is 0.00000240. The van der Waals surface area contributed by atoms with Crippen molar-refractivity contribution in [3.63, 3.8) is 0 Å². The van der Waals surface area contributed by atoms with Gasteiger partial charge in [0, 0.05) is 13.8 Å². The maximum absolute atomic E-state index is 11.5. The van der Waals surface area contributed by atoms with Gasteiger partial charge in [-0.05, 0) is 29.0 Å². The number of aliphatic carboxylic acids is 1. The van der Waals surface area contributed by atoms with E-state index in [4.69, 9.17) is 4.42 Å². The lowest BCUT2D eigenvalue weighted by Crippen LogP contribution is -3.00. The predicted molar refractivity (Wildman–Crippen MR) is 104 cm³/mol. The van der Waals surface area contributed by atoms with Crippen molar-refractivity contribution in [1.29, 1.82) is 0 Å². The Hall–Kier alpha value is -2.84. The number of halogens is 1. The van der Waals surface area contributed by atoms with Crippen LogP contribution in [0, 0.1) is 13.8 Å². The van der Waals surface area contributed by atoms with Crippen molar-refractivity contribution in [2.24, 2.45) is 7.05 Å². The van der Waals surface area contributed by atoms with Crippen LogP contribution in [-0.4, -0.2) is 26.0 Å². The third-order valence-corrected chi connectivity index (χ3v) is 6.12. The van der Waals surface area contributed by atoms with E-state index in [9.17, 15) is 15.1 Å². The normalized spacial score (nSPS) is 12.1. The lowest BCUT2D eigenvalue weighted by Gasteiger charge is -2.09. The highest BCUT2D eigenvalue weighted by Crippen LogP contribution is 2.35. The third-order valence-electron chi connectivity index (χ3n) is 5.07. The summed E-state index contributed by atoms with van der Waals surface area (Å²) in [7, 11) is 1.80. The lowest BCUT2D eigenvalue weighted by molar-refractivity contribution is -0.687. The summed E-state index contributed by atoms with van der Waals surface area (Å²) in [5.74, 6) is -0.0936. The standard InChI is InChI=1S/C20H19N3O4S.ClH/c1-11-12(2)23(26)20(22(11)3)13(10-18(24)25)15-8-9-16(27-15)19-21-14-6-4-5-7-17(14)28-19;/h4-9,13H,10H2,1-3H3,(H-,24,25,26);1H. The van der Waals surface area contributed by atoms with Gasteiger partial charge in [0.15, 0.2) is 16.5 Å². The van der Waals surface area contributed by atoms with Crippen LogP contribution in [0.2, 0.25) is 0 Å². The van der Waals surface area contributed by atoms with Gasteiger partial charge >= 0.3 is 11.8 Å². The Kier molecular flexibility index (Phi) is 5.68. The molecule has 0 amide bonds. The molecular weight excluding hydrogens is 414 g/mol. The van der Waals surface area contributed by atoms with Crippen LogP contribution in [0.3, 0.4) is 0 Å². The molecule has 152 valence electrons. The molecule has 0 aliphatic heterocycles. The van der Waals surface area contributed by atoms with Crippen molar-refractivity contribution in [3.05, 3.63) is 59.4 Å². The van der Waals surface area contributed by atoms with Gasteiger partial charge in [-0.3, -0.25) is 4.79 Å². The van der Waals surface area contributed by atoms with Crippen molar-refractivity contribution in [2.75, 3.05) is 0 Å².